The highest BCUT2D eigenvalue weighted by atomic mass is 35.5. The first-order valence-electron chi connectivity index (χ1n) is 5.51. The second kappa shape index (κ2) is 9.01. The summed E-state index contributed by atoms with van der Waals surface area (Å²) in [5.41, 5.74) is 4.41. The van der Waals surface area contributed by atoms with E-state index in [-0.39, 0.29) is 5.57 Å². The van der Waals surface area contributed by atoms with Gasteiger partial charge in [0.15, 0.2) is 0 Å². The summed E-state index contributed by atoms with van der Waals surface area (Å²) in [4.78, 5) is 0. The standard InChI is InChI=1S/C11H15ClF3N5O/c1-21-11(19)5(2-8(12)17)7(3-9(13)14)20-4-6(16)10(15)18/h2,4,7,9,17-20H,3,16H2,1H3/b5-2-,6-4+,17-8?,18-10?,19-11?. The van der Waals surface area contributed by atoms with Crippen molar-refractivity contribution >= 4 is 28.6 Å². The average Bonchev–Trinajstić information content (AvgIpc) is 2.38. The van der Waals surface area contributed by atoms with Crippen LogP contribution in [0.3, 0.4) is 0 Å². The predicted octanol–water partition coefficient (Wildman–Crippen LogP) is 2.11. The molecule has 0 aromatic rings. The molecule has 118 valence electrons. The van der Waals surface area contributed by atoms with Crippen molar-refractivity contribution < 1.29 is 17.9 Å². The van der Waals surface area contributed by atoms with Crippen LogP contribution >= 0.6 is 11.6 Å². The lowest BCUT2D eigenvalue weighted by Crippen LogP contribution is -2.34. The molecule has 0 fully saturated rings. The molecule has 0 saturated carbocycles. The van der Waals surface area contributed by atoms with Crippen molar-refractivity contribution in [3.63, 3.8) is 0 Å². The Balaban J connectivity index is 5.43. The number of nitrogens with two attached hydrogens (primary N) is 1. The third-order valence-electron chi connectivity index (χ3n) is 2.23. The van der Waals surface area contributed by atoms with E-state index in [0.717, 1.165) is 19.4 Å². The Labute approximate surface area is 124 Å². The quantitative estimate of drug-likeness (QED) is 0.347. The maximum Gasteiger partial charge on any atom is 0.240 e. The van der Waals surface area contributed by atoms with Crippen molar-refractivity contribution in [2.24, 2.45) is 5.73 Å². The minimum Gasteiger partial charge on any atom is -0.481 e. The van der Waals surface area contributed by atoms with E-state index in [0.29, 0.717) is 0 Å². The SMILES string of the molecule is COC(=N)/C(=C\C(=N)Cl)C(CC(F)F)N/C=C(/N)C(=N)F. The van der Waals surface area contributed by atoms with Crippen LogP contribution in [-0.4, -0.2) is 36.6 Å². The van der Waals surface area contributed by atoms with E-state index < -0.39 is 41.6 Å². The van der Waals surface area contributed by atoms with Crippen molar-refractivity contribution in [3.8, 4) is 0 Å². The van der Waals surface area contributed by atoms with E-state index in [1.54, 1.807) is 0 Å². The molecule has 6 N–H and O–H groups in total. The van der Waals surface area contributed by atoms with E-state index in [2.05, 4.69) is 10.1 Å². The molecule has 0 aromatic carbocycles. The highest BCUT2D eigenvalue weighted by Gasteiger charge is 2.23. The number of hydrogen-bond acceptors (Lipinski definition) is 6. The monoisotopic (exact) mass is 325 g/mol. The first-order valence-corrected chi connectivity index (χ1v) is 5.89. The van der Waals surface area contributed by atoms with Gasteiger partial charge in [0.2, 0.25) is 18.3 Å². The predicted molar refractivity (Wildman–Crippen MR) is 75.0 cm³/mol. The Morgan fingerprint density at radius 1 is 1.38 bits per heavy atom. The fourth-order valence-corrected chi connectivity index (χ4v) is 1.41. The number of alkyl halides is 2. The fourth-order valence-electron chi connectivity index (χ4n) is 1.30. The van der Waals surface area contributed by atoms with Gasteiger partial charge in [0.25, 0.3) is 0 Å². The zero-order valence-corrected chi connectivity index (χ0v) is 11.8. The van der Waals surface area contributed by atoms with Crippen LogP contribution in [0.5, 0.6) is 0 Å². The van der Waals surface area contributed by atoms with Gasteiger partial charge in [0.05, 0.1) is 13.2 Å². The smallest absolute Gasteiger partial charge is 0.240 e. The van der Waals surface area contributed by atoms with Crippen LogP contribution in [-0.2, 0) is 4.74 Å². The third kappa shape index (κ3) is 7.35. The summed E-state index contributed by atoms with van der Waals surface area (Å²) >= 11 is 5.37. The number of allylic oxidation sites excluding steroid dienone is 2. The molecule has 1 atom stereocenters. The van der Waals surface area contributed by atoms with Crippen molar-refractivity contribution in [2.45, 2.75) is 18.9 Å². The van der Waals surface area contributed by atoms with Crippen LogP contribution in [0, 0.1) is 16.2 Å². The Morgan fingerprint density at radius 2 is 1.95 bits per heavy atom. The normalized spacial score (nSPS) is 13.8. The van der Waals surface area contributed by atoms with E-state index >= 15 is 0 Å². The lowest BCUT2D eigenvalue weighted by Gasteiger charge is -2.20. The van der Waals surface area contributed by atoms with Crippen LogP contribution in [0.15, 0.2) is 23.5 Å². The zero-order chi connectivity index (χ0) is 16.6. The summed E-state index contributed by atoms with van der Waals surface area (Å²) in [6.45, 7) is 0. The second-order valence-corrected chi connectivity index (χ2v) is 4.15. The molecule has 6 nitrogen and oxygen atoms in total. The van der Waals surface area contributed by atoms with E-state index in [4.69, 9.17) is 33.6 Å². The van der Waals surface area contributed by atoms with Crippen LogP contribution < -0.4 is 11.1 Å². The van der Waals surface area contributed by atoms with Gasteiger partial charge in [-0.1, -0.05) is 11.6 Å². The number of rotatable bonds is 8. The molecule has 0 aliphatic rings. The van der Waals surface area contributed by atoms with Gasteiger partial charge in [-0.25, -0.2) is 8.78 Å². The maximum atomic E-state index is 12.6. The van der Waals surface area contributed by atoms with Crippen molar-refractivity contribution in [1.29, 1.82) is 16.2 Å². The molecule has 1 unspecified atom stereocenters. The topological polar surface area (TPSA) is 119 Å². The Kier molecular flexibility index (Phi) is 8.14. The van der Waals surface area contributed by atoms with E-state index in [1.165, 1.54) is 0 Å². The maximum absolute atomic E-state index is 12.6. The van der Waals surface area contributed by atoms with Crippen molar-refractivity contribution in [3.05, 3.63) is 23.5 Å². The molecule has 10 heteroatoms. The first-order chi connectivity index (χ1) is 9.68. The van der Waals surface area contributed by atoms with Gasteiger partial charge in [0, 0.05) is 18.2 Å². The summed E-state index contributed by atoms with van der Waals surface area (Å²) in [5.74, 6) is -1.92. The highest BCUT2D eigenvalue weighted by Crippen LogP contribution is 2.15. The molecule has 0 aliphatic heterocycles. The van der Waals surface area contributed by atoms with Gasteiger partial charge in [-0.05, 0) is 6.08 Å². The van der Waals surface area contributed by atoms with Gasteiger partial charge in [-0.15, -0.1) is 0 Å². The van der Waals surface area contributed by atoms with Gasteiger partial charge in [-0.2, -0.15) is 4.39 Å². The second-order valence-electron chi connectivity index (χ2n) is 3.74. The summed E-state index contributed by atoms with van der Waals surface area (Å²) in [6, 6.07) is -1.20. The Morgan fingerprint density at radius 3 is 2.33 bits per heavy atom. The minimum absolute atomic E-state index is 0.132. The molecular formula is C11H15ClF3N5O. The van der Waals surface area contributed by atoms with Gasteiger partial charge >= 0.3 is 0 Å². The number of ether oxygens (including phenoxy) is 1. The number of hydrogen-bond donors (Lipinski definition) is 5. The van der Waals surface area contributed by atoms with E-state index in [1.807, 2.05) is 0 Å². The lowest BCUT2D eigenvalue weighted by atomic mass is 10.0. The lowest BCUT2D eigenvalue weighted by molar-refractivity contribution is 0.129. The molecule has 0 radical (unpaired) electrons. The van der Waals surface area contributed by atoms with Crippen molar-refractivity contribution in [2.75, 3.05) is 7.11 Å². The molecule has 0 aliphatic carbocycles. The van der Waals surface area contributed by atoms with Crippen LogP contribution in [0.1, 0.15) is 6.42 Å². The highest BCUT2D eigenvalue weighted by molar-refractivity contribution is 6.67. The van der Waals surface area contributed by atoms with Gasteiger partial charge in [-0.3, -0.25) is 16.2 Å². The summed E-state index contributed by atoms with van der Waals surface area (Å²) < 4.78 is 42.3. The summed E-state index contributed by atoms with van der Waals surface area (Å²) in [5, 5.41) is 23.2. The molecule has 0 rings (SSSR count). The van der Waals surface area contributed by atoms with Crippen LogP contribution in [0.2, 0.25) is 0 Å². The molecule has 0 bridgehead atoms. The zero-order valence-electron chi connectivity index (χ0n) is 11.0. The number of methoxy groups -OCH3 is 1. The summed E-state index contributed by atoms with van der Waals surface area (Å²) in [6.07, 6.45) is -1.73. The number of nitrogens with one attached hydrogen (secondary N) is 4. The van der Waals surface area contributed by atoms with Crippen molar-refractivity contribution in [1.82, 2.24) is 5.32 Å². The molecule has 0 saturated heterocycles. The van der Waals surface area contributed by atoms with Gasteiger partial charge in [0.1, 0.15) is 10.9 Å². The fraction of sp³-hybridized carbons (Fsp3) is 0.364. The van der Waals surface area contributed by atoms with Crippen LogP contribution in [0.4, 0.5) is 13.2 Å². The molecule has 21 heavy (non-hydrogen) atoms. The molecule has 0 aromatic heterocycles. The molecule has 0 heterocycles. The summed E-state index contributed by atoms with van der Waals surface area (Å²) in [7, 11) is 1.15. The van der Waals surface area contributed by atoms with Gasteiger partial charge < -0.3 is 15.8 Å². The largest absolute Gasteiger partial charge is 0.481 e. The minimum atomic E-state index is -2.75. The van der Waals surface area contributed by atoms with E-state index in [9.17, 15) is 13.2 Å². The third-order valence-corrected chi connectivity index (χ3v) is 2.34. The Bertz CT molecular complexity index is 478. The molecular weight excluding hydrogens is 311 g/mol. The van der Waals surface area contributed by atoms with Crippen LogP contribution in [0.25, 0.3) is 0 Å². The number of halogens is 4. The molecule has 0 spiro atoms. The Hall–Kier alpha value is -2.03. The molecule has 0 amide bonds. The first kappa shape index (κ1) is 19.0. The average molecular weight is 326 g/mol.